The normalized spacial score (nSPS) is 19.6. The van der Waals surface area contributed by atoms with Gasteiger partial charge in [0, 0.05) is 43.2 Å². The second kappa shape index (κ2) is 10.0. The molecule has 39 heavy (non-hydrogen) atoms. The molecule has 2 aromatic carbocycles. The minimum atomic E-state index is -0.263. The van der Waals surface area contributed by atoms with Crippen molar-refractivity contribution in [2.24, 2.45) is 0 Å². The molecule has 3 aromatic rings. The molecule has 0 radical (unpaired) electrons. The summed E-state index contributed by atoms with van der Waals surface area (Å²) >= 11 is 1.46. The number of anilines is 1. The third kappa shape index (κ3) is 4.76. The van der Waals surface area contributed by atoms with Crippen LogP contribution in [0.1, 0.15) is 45.3 Å². The lowest BCUT2D eigenvalue weighted by molar-refractivity contribution is -0.135. The van der Waals surface area contributed by atoms with Gasteiger partial charge in [-0.3, -0.25) is 19.8 Å². The van der Waals surface area contributed by atoms with Crippen LogP contribution in [0.3, 0.4) is 0 Å². The minimum absolute atomic E-state index is 0.137. The quantitative estimate of drug-likeness (QED) is 0.516. The van der Waals surface area contributed by atoms with Crippen LogP contribution in [-0.4, -0.2) is 66.4 Å². The van der Waals surface area contributed by atoms with Crippen LogP contribution in [0.25, 0.3) is 0 Å². The Morgan fingerprint density at radius 1 is 0.923 bits per heavy atom. The fourth-order valence-electron chi connectivity index (χ4n) is 5.56. The first-order valence-corrected chi connectivity index (χ1v) is 14.0. The number of hydrogen-bond donors (Lipinski definition) is 1. The molecule has 0 spiro atoms. The maximum atomic E-state index is 13.6. The van der Waals surface area contributed by atoms with E-state index in [0.29, 0.717) is 35.3 Å². The highest BCUT2D eigenvalue weighted by Gasteiger charge is 2.34. The van der Waals surface area contributed by atoms with Crippen molar-refractivity contribution in [1.82, 2.24) is 14.8 Å². The zero-order chi connectivity index (χ0) is 26.3. The molecule has 1 aliphatic carbocycles. The summed E-state index contributed by atoms with van der Waals surface area (Å²) in [5.41, 5.74) is 2.47. The van der Waals surface area contributed by atoms with Crippen molar-refractivity contribution < 1.29 is 28.5 Å². The van der Waals surface area contributed by atoms with Gasteiger partial charge in [-0.2, -0.15) is 0 Å². The molecule has 1 saturated heterocycles. The van der Waals surface area contributed by atoms with Crippen molar-refractivity contribution in [2.75, 3.05) is 45.1 Å². The molecule has 2 amide bonds. The molecule has 4 aliphatic rings. The topological polar surface area (TPSA) is 102 Å². The summed E-state index contributed by atoms with van der Waals surface area (Å²) < 4.78 is 21.6. The van der Waals surface area contributed by atoms with E-state index in [9.17, 15) is 9.59 Å². The van der Waals surface area contributed by atoms with Gasteiger partial charge in [0.2, 0.25) is 19.5 Å². The van der Waals surface area contributed by atoms with Crippen molar-refractivity contribution in [1.29, 1.82) is 0 Å². The Morgan fingerprint density at radius 2 is 1.64 bits per heavy atom. The van der Waals surface area contributed by atoms with E-state index in [2.05, 4.69) is 16.3 Å². The zero-order valence-electron chi connectivity index (χ0n) is 21.3. The molecule has 0 saturated carbocycles. The number of ether oxygens (including phenoxy) is 4. The molecule has 1 unspecified atom stereocenters. The van der Waals surface area contributed by atoms with Crippen molar-refractivity contribution in [3.05, 3.63) is 58.1 Å². The molecule has 1 fully saturated rings. The fraction of sp³-hybridized carbons (Fsp3) is 0.393. The van der Waals surface area contributed by atoms with E-state index in [0.717, 1.165) is 61.0 Å². The maximum absolute atomic E-state index is 13.6. The predicted molar refractivity (Wildman–Crippen MR) is 143 cm³/mol. The molecule has 202 valence electrons. The number of rotatable bonds is 5. The lowest BCUT2D eigenvalue weighted by Crippen LogP contribution is -2.49. The standard InChI is InChI=1S/C28H28N4O6S/c33-26(18-5-7-21-23(13-18)38-16-36-21)30-28-29-25-19(2-1-3-24(25)39-28)27(34)32-10-8-31(9-11-32)14-17-4-6-20-22(12-17)37-15-35-20/h4-7,12-13,19H,1-3,8-11,14-16H2,(H,29,30,33). The highest BCUT2D eigenvalue weighted by Crippen LogP contribution is 2.39. The van der Waals surface area contributed by atoms with Crippen LogP contribution in [0.5, 0.6) is 23.0 Å². The maximum Gasteiger partial charge on any atom is 0.257 e. The first-order valence-electron chi connectivity index (χ1n) is 13.2. The Hall–Kier alpha value is -3.83. The smallest absolute Gasteiger partial charge is 0.257 e. The number of benzene rings is 2. The lowest BCUT2D eigenvalue weighted by Gasteiger charge is -2.37. The predicted octanol–water partition coefficient (Wildman–Crippen LogP) is 3.62. The van der Waals surface area contributed by atoms with Gasteiger partial charge < -0.3 is 23.8 Å². The van der Waals surface area contributed by atoms with Gasteiger partial charge in [0.15, 0.2) is 28.1 Å². The number of carbonyl (C=O) groups excluding carboxylic acids is 2. The largest absolute Gasteiger partial charge is 0.454 e. The SMILES string of the molecule is O=C(Nc1nc2c(s1)CCCC2C(=O)N1CCN(Cc2ccc3c(c2)OCO3)CC1)c1ccc2c(c1)OCO2. The number of nitrogens with one attached hydrogen (secondary N) is 1. The van der Waals surface area contributed by atoms with Gasteiger partial charge in [0.25, 0.3) is 5.91 Å². The molecule has 7 rings (SSSR count). The summed E-state index contributed by atoms with van der Waals surface area (Å²) in [6.07, 6.45) is 2.59. The third-order valence-electron chi connectivity index (χ3n) is 7.63. The second-order valence-electron chi connectivity index (χ2n) is 10.1. The van der Waals surface area contributed by atoms with E-state index in [1.165, 1.54) is 16.9 Å². The summed E-state index contributed by atoms with van der Waals surface area (Å²) in [6.45, 7) is 4.24. The highest BCUT2D eigenvalue weighted by molar-refractivity contribution is 7.16. The zero-order valence-corrected chi connectivity index (χ0v) is 22.1. The Morgan fingerprint density at radius 3 is 2.44 bits per heavy atom. The molecule has 3 aliphatic heterocycles. The van der Waals surface area contributed by atoms with Gasteiger partial charge in [-0.1, -0.05) is 6.07 Å². The van der Waals surface area contributed by atoms with E-state index >= 15 is 0 Å². The van der Waals surface area contributed by atoms with E-state index in [1.54, 1.807) is 18.2 Å². The number of piperazine rings is 1. The van der Waals surface area contributed by atoms with Gasteiger partial charge in [0.1, 0.15) is 0 Å². The van der Waals surface area contributed by atoms with E-state index < -0.39 is 0 Å². The number of nitrogens with zero attached hydrogens (tertiary/aromatic N) is 3. The molecule has 4 heterocycles. The summed E-state index contributed by atoms with van der Waals surface area (Å²) in [7, 11) is 0. The van der Waals surface area contributed by atoms with Crippen molar-refractivity contribution >= 4 is 28.3 Å². The number of fused-ring (bicyclic) bond motifs is 3. The Balaban J connectivity index is 0.980. The number of hydrogen-bond acceptors (Lipinski definition) is 9. The second-order valence-corrected chi connectivity index (χ2v) is 11.2. The van der Waals surface area contributed by atoms with Crippen LogP contribution in [0.15, 0.2) is 36.4 Å². The molecule has 11 heteroatoms. The van der Waals surface area contributed by atoms with E-state index in [-0.39, 0.29) is 31.3 Å². The molecular formula is C28H28N4O6S. The van der Waals surface area contributed by atoms with Crippen LogP contribution in [0.2, 0.25) is 0 Å². The molecule has 1 N–H and O–H groups in total. The van der Waals surface area contributed by atoms with E-state index in [1.807, 2.05) is 17.0 Å². The van der Waals surface area contributed by atoms with Crippen LogP contribution >= 0.6 is 11.3 Å². The Bertz CT molecular complexity index is 1430. The summed E-state index contributed by atoms with van der Waals surface area (Å²) in [4.78, 5) is 36.6. The minimum Gasteiger partial charge on any atom is -0.454 e. The molecule has 0 bridgehead atoms. The number of aryl methyl sites for hydroxylation is 1. The van der Waals surface area contributed by atoms with Crippen LogP contribution < -0.4 is 24.3 Å². The van der Waals surface area contributed by atoms with Gasteiger partial charge in [-0.15, -0.1) is 11.3 Å². The first-order chi connectivity index (χ1) is 19.1. The summed E-state index contributed by atoms with van der Waals surface area (Å²) in [6, 6.07) is 11.2. The lowest BCUT2D eigenvalue weighted by atomic mass is 9.89. The van der Waals surface area contributed by atoms with E-state index in [4.69, 9.17) is 23.9 Å². The number of carbonyl (C=O) groups is 2. The fourth-order valence-corrected chi connectivity index (χ4v) is 6.62. The summed E-state index contributed by atoms with van der Waals surface area (Å²) in [5.74, 6) is 2.39. The average molecular weight is 549 g/mol. The monoisotopic (exact) mass is 548 g/mol. The average Bonchev–Trinajstić information content (AvgIpc) is 3.71. The molecule has 10 nitrogen and oxygen atoms in total. The number of thiazole rings is 1. The van der Waals surface area contributed by atoms with Gasteiger partial charge in [-0.05, 0) is 55.2 Å². The van der Waals surface area contributed by atoms with Crippen molar-refractivity contribution in [3.8, 4) is 23.0 Å². The van der Waals surface area contributed by atoms with Crippen molar-refractivity contribution in [3.63, 3.8) is 0 Å². The molecule has 1 aromatic heterocycles. The van der Waals surface area contributed by atoms with Crippen LogP contribution in [-0.2, 0) is 17.8 Å². The number of amides is 2. The highest BCUT2D eigenvalue weighted by atomic mass is 32.1. The summed E-state index contributed by atoms with van der Waals surface area (Å²) in [5, 5.41) is 3.44. The Labute approximate surface area is 229 Å². The van der Waals surface area contributed by atoms with Crippen LogP contribution in [0, 0.1) is 0 Å². The third-order valence-corrected chi connectivity index (χ3v) is 8.68. The first kappa shape index (κ1) is 24.2. The molecular weight excluding hydrogens is 520 g/mol. The number of aromatic nitrogens is 1. The van der Waals surface area contributed by atoms with Gasteiger partial charge in [0.05, 0.1) is 11.6 Å². The Kier molecular flexibility index (Phi) is 6.24. The molecule has 1 atom stereocenters. The van der Waals surface area contributed by atoms with Gasteiger partial charge in [-0.25, -0.2) is 4.98 Å². The van der Waals surface area contributed by atoms with Crippen LogP contribution in [0.4, 0.5) is 5.13 Å². The van der Waals surface area contributed by atoms with Crippen molar-refractivity contribution in [2.45, 2.75) is 31.7 Å². The van der Waals surface area contributed by atoms with Gasteiger partial charge >= 0.3 is 0 Å².